The number of hydrogen-bond acceptors (Lipinski definition) is 6. The van der Waals surface area contributed by atoms with Crippen LogP contribution in [0.25, 0.3) is 0 Å². The summed E-state index contributed by atoms with van der Waals surface area (Å²) >= 11 is 1.46. The molecule has 1 aliphatic carbocycles. The highest BCUT2D eigenvalue weighted by Gasteiger charge is 2.36. The molecule has 3 N–H and O–H groups in total. The number of nitriles is 1. The average Bonchev–Trinajstić information content (AvgIpc) is 3.23. The van der Waals surface area contributed by atoms with E-state index >= 15 is 0 Å². The number of carbonyl (C=O) groups is 3. The topological polar surface area (TPSA) is 114 Å². The van der Waals surface area contributed by atoms with Crippen LogP contribution in [-0.2, 0) is 27.2 Å². The highest BCUT2D eigenvalue weighted by atomic mass is 32.1. The van der Waals surface area contributed by atoms with Gasteiger partial charge in [-0.3, -0.25) is 14.4 Å². The van der Waals surface area contributed by atoms with Gasteiger partial charge in [0.15, 0.2) is 0 Å². The number of para-hydroxylation sites is 3. The Hall–Kier alpha value is -4.16. The molecule has 0 fully saturated rings. The molecule has 182 valence electrons. The highest BCUT2D eigenvalue weighted by Crippen LogP contribution is 2.38. The number of fused-ring (bicyclic) bond motifs is 2. The zero-order valence-electron chi connectivity index (χ0n) is 19.5. The van der Waals surface area contributed by atoms with Crippen LogP contribution in [-0.4, -0.2) is 30.3 Å². The second kappa shape index (κ2) is 10.2. The number of thiophene rings is 1. The van der Waals surface area contributed by atoms with E-state index in [1.165, 1.54) is 11.3 Å². The Bertz CT molecular complexity index is 1360. The number of nitrogens with one attached hydrogen (secondary N) is 3. The van der Waals surface area contributed by atoms with Gasteiger partial charge in [0.1, 0.15) is 17.1 Å². The summed E-state index contributed by atoms with van der Waals surface area (Å²) in [6, 6.07) is 17.6. The standard InChI is InChI=1S/C27H25N5O3S/c28-15-19-18-10-4-7-13-23(18)36-27(19)31-25(34)16-32-21-12-6-5-11-20(21)30-26(35)22(32)14-24(33)29-17-8-2-1-3-9-17/h1-3,5-6,8-9,11-12,22H,4,7,10,13-14,16H2,(H,29,33)(H,30,35)(H,31,34)/t22-/m1/s1. The molecule has 3 aromatic rings. The van der Waals surface area contributed by atoms with E-state index in [9.17, 15) is 19.6 Å². The zero-order valence-corrected chi connectivity index (χ0v) is 20.4. The minimum Gasteiger partial charge on any atom is -0.348 e. The van der Waals surface area contributed by atoms with Crippen LogP contribution in [0, 0.1) is 11.3 Å². The summed E-state index contributed by atoms with van der Waals surface area (Å²) in [6.07, 6.45) is 3.77. The first-order chi connectivity index (χ1) is 17.5. The van der Waals surface area contributed by atoms with Crippen LogP contribution < -0.4 is 20.9 Å². The van der Waals surface area contributed by atoms with Crippen molar-refractivity contribution in [2.24, 2.45) is 0 Å². The van der Waals surface area contributed by atoms with Crippen molar-refractivity contribution in [3.63, 3.8) is 0 Å². The second-order valence-electron chi connectivity index (χ2n) is 8.84. The largest absolute Gasteiger partial charge is 0.348 e. The van der Waals surface area contributed by atoms with E-state index in [0.717, 1.165) is 36.1 Å². The molecule has 36 heavy (non-hydrogen) atoms. The maximum Gasteiger partial charge on any atom is 0.247 e. The summed E-state index contributed by atoms with van der Waals surface area (Å²) in [6.45, 7) is -0.138. The molecule has 2 heterocycles. The molecule has 9 heteroatoms. The Balaban J connectivity index is 1.37. The Labute approximate surface area is 212 Å². The third-order valence-electron chi connectivity index (χ3n) is 6.44. The molecule has 2 aromatic carbocycles. The molecule has 1 aromatic heterocycles. The predicted molar refractivity (Wildman–Crippen MR) is 140 cm³/mol. The summed E-state index contributed by atoms with van der Waals surface area (Å²) in [7, 11) is 0. The van der Waals surface area contributed by atoms with Crippen molar-refractivity contribution >= 4 is 51.1 Å². The average molecular weight is 500 g/mol. The molecule has 0 bridgehead atoms. The summed E-state index contributed by atoms with van der Waals surface area (Å²) in [5, 5.41) is 18.8. The van der Waals surface area contributed by atoms with Crippen LogP contribution in [0.15, 0.2) is 54.6 Å². The maximum absolute atomic E-state index is 13.2. The summed E-state index contributed by atoms with van der Waals surface area (Å²) in [5.41, 5.74) is 3.46. The number of benzene rings is 2. The fourth-order valence-corrected chi connectivity index (χ4v) is 6.01. The second-order valence-corrected chi connectivity index (χ2v) is 9.95. The lowest BCUT2D eigenvalue weighted by molar-refractivity contribution is -0.123. The van der Waals surface area contributed by atoms with Gasteiger partial charge in [0.2, 0.25) is 17.7 Å². The van der Waals surface area contributed by atoms with Gasteiger partial charge in [-0.25, -0.2) is 0 Å². The lowest BCUT2D eigenvalue weighted by atomic mass is 9.96. The smallest absolute Gasteiger partial charge is 0.247 e. The van der Waals surface area contributed by atoms with Crippen LogP contribution in [0.5, 0.6) is 0 Å². The maximum atomic E-state index is 13.2. The summed E-state index contributed by atoms with van der Waals surface area (Å²) in [4.78, 5) is 41.9. The van der Waals surface area contributed by atoms with Crippen molar-refractivity contribution in [3.8, 4) is 6.07 Å². The third kappa shape index (κ3) is 4.81. The first-order valence-electron chi connectivity index (χ1n) is 11.9. The van der Waals surface area contributed by atoms with E-state index in [0.29, 0.717) is 27.6 Å². The van der Waals surface area contributed by atoms with Crippen molar-refractivity contribution in [3.05, 3.63) is 70.6 Å². The first-order valence-corrected chi connectivity index (χ1v) is 12.7. The molecule has 0 saturated heterocycles. The number of aryl methyl sites for hydroxylation is 1. The van der Waals surface area contributed by atoms with Crippen molar-refractivity contribution in [1.82, 2.24) is 0 Å². The Morgan fingerprint density at radius 1 is 1.03 bits per heavy atom. The molecule has 0 radical (unpaired) electrons. The molecule has 0 saturated carbocycles. The van der Waals surface area contributed by atoms with E-state index in [1.807, 2.05) is 30.3 Å². The van der Waals surface area contributed by atoms with Gasteiger partial charge in [-0.1, -0.05) is 30.3 Å². The molecule has 3 amide bonds. The van der Waals surface area contributed by atoms with Crippen LogP contribution in [0.4, 0.5) is 22.1 Å². The molecule has 0 unspecified atom stereocenters. The van der Waals surface area contributed by atoms with E-state index in [2.05, 4.69) is 22.0 Å². The number of carbonyl (C=O) groups excluding carboxylic acids is 3. The fourth-order valence-electron chi connectivity index (χ4n) is 4.76. The van der Waals surface area contributed by atoms with Crippen molar-refractivity contribution in [1.29, 1.82) is 5.26 Å². The minimum atomic E-state index is -0.874. The third-order valence-corrected chi connectivity index (χ3v) is 7.64. The quantitative estimate of drug-likeness (QED) is 0.468. The number of anilines is 4. The summed E-state index contributed by atoms with van der Waals surface area (Å²) in [5.74, 6) is -1.03. The highest BCUT2D eigenvalue weighted by molar-refractivity contribution is 7.16. The van der Waals surface area contributed by atoms with Gasteiger partial charge < -0.3 is 20.9 Å². The Morgan fingerprint density at radius 2 is 1.78 bits per heavy atom. The lowest BCUT2D eigenvalue weighted by Gasteiger charge is -2.37. The molecular weight excluding hydrogens is 474 g/mol. The van der Waals surface area contributed by atoms with Crippen molar-refractivity contribution in [2.75, 3.05) is 27.4 Å². The van der Waals surface area contributed by atoms with Gasteiger partial charge in [0.25, 0.3) is 0 Å². The summed E-state index contributed by atoms with van der Waals surface area (Å²) < 4.78 is 0. The van der Waals surface area contributed by atoms with Gasteiger partial charge in [-0.15, -0.1) is 11.3 Å². The molecule has 1 atom stereocenters. The number of hydrogen-bond donors (Lipinski definition) is 3. The minimum absolute atomic E-state index is 0.126. The van der Waals surface area contributed by atoms with Gasteiger partial charge >= 0.3 is 0 Å². The lowest BCUT2D eigenvalue weighted by Crippen LogP contribution is -2.52. The number of nitrogens with zero attached hydrogens (tertiary/aromatic N) is 2. The monoisotopic (exact) mass is 499 g/mol. The zero-order chi connectivity index (χ0) is 25.1. The predicted octanol–water partition coefficient (Wildman–Crippen LogP) is 4.29. The molecular formula is C27H25N5O3S. The molecule has 8 nitrogen and oxygen atoms in total. The molecule has 0 spiro atoms. The normalized spacial score (nSPS) is 16.2. The van der Waals surface area contributed by atoms with Crippen LogP contribution in [0.1, 0.15) is 35.3 Å². The Morgan fingerprint density at radius 3 is 2.58 bits per heavy atom. The van der Waals surface area contributed by atoms with Gasteiger partial charge in [-0.05, 0) is 55.5 Å². The SMILES string of the molecule is N#Cc1c(NC(=O)CN2c3ccccc3NC(=O)[C@H]2CC(=O)Nc2ccccc2)sc2c1CCCC2. The van der Waals surface area contributed by atoms with Gasteiger partial charge in [-0.2, -0.15) is 5.26 Å². The van der Waals surface area contributed by atoms with E-state index in [1.54, 1.807) is 29.2 Å². The van der Waals surface area contributed by atoms with Crippen molar-refractivity contribution in [2.45, 2.75) is 38.1 Å². The number of rotatable bonds is 6. The van der Waals surface area contributed by atoms with Crippen LogP contribution in [0.2, 0.25) is 0 Å². The molecule has 2 aliphatic rings. The van der Waals surface area contributed by atoms with Gasteiger partial charge in [0, 0.05) is 10.6 Å². The van der Waals surface area contributed by atoms with E-state index in [4.69, 9.17) is 0 Å². The fraction of sp³-hybridized carbons (Fsp3) is 0.259. The molecule has 1 aliphatic heterocycles. The van der Waals surface area contributed by atoms with E-state index in [-0.39, 0.29) is 30.7 Å². The van der Waals surface area contributed by atoms with Crippen molar-refractivity contribution < 1.29 is 14.4 Å². The van der Waals surface area contributed by atoms with Crippen LogP contribution >= 0.6 is 11.3 Å². The molecule has 5 rings (SSSR count). The van der Waals surface area contributed by atoms with E-state index < -0.39 is 6.04 Å². The first kappa shape index (κ1) is 23.6. The number of amides is 3. The Kier molecular flexibility index (Phi) is 6.69. The van der Waals surface area contributed by atoms with Crippen LogP contribution in [0.3, 0.4) is 0 Å². The van der Waals surface area contributed by atoms with Gasteiger partial charge in [0.05, 0.1) is 29.9 Å².